The van der Waals surface area contributed by atoms with Crippen molar-refractivity contribution in [3.63, 3.8) is 0 Å². The zero-order valence-electron chi connectivity index (χ0n) is 26.9. The van der Waals surface area contributed by atoms with E-state index in [4.69, 9.17) is 18.9 Å². The minimum atomic E-state index is -1.24. The molecule has 1 aliphatic rings. The van der Waals surface area contributed by atoms with Crippen molar-refractivity contribution in [2.24, 2.45) is 10.9 Å². The van der Waals surface area contributed by atoms with Crippen molar-refractivity contribution in [2.75, 3.05) is 33.4 Å². The highest BCUT2D eigenvalue weighted by atomic mass is 16.6. The van der Waals surface area contributed by atoms with E-state index in [-0.39, 0.29) is 65.2 Å². The predicted octanol–water partition coefficient (Wildman–Crippen LogP) is 3.77. The van der Waals surface area contributed by atoms with Gasteiger partial charge in [0.2, 0.25) is 0 Å². The number of aliphatic hydroxyl groups excluding tert-OH is 1. The normalized spacial score (nSPS) is 16.4. The number of aliphatic imine (C=N–C) groups is 1. The molecule has 48 heavy (non-hydrogen) atoms. The van der Waals surface area contributed by atoms with Crippen molar-refractivity contribution < 1.29 is 43.5 Å². The monoisotopic (exact) mass is 667 g/mol. The Morgan fingerprint density at radius 2 is 1.81 bits per heavy atom. The average molecular weight is 668 g/mol. The van der Waals surface area contributed by atoms with Crippen LogP contribution in [-0.2, 0) is 19.1 Å². The Bertz CT molecular complexity index is 1620. The Hall–Kier alpha value is -5.40. The quantitative estimate of drug-likeness (QED) is 0.106. The summed E-state index contributed by atoms with van der Waals surface area (Å²) in [5, 5.41) is 46.0. The number of hydrogen-bond donors (Lipinski definition) is 2. The Balaban J connectivity index is 1.71. The number of benzene rings is 2. The highest BCUT2D eigenvalue weighted by Gasteiger charge is 2.45. The summed E-state index contributed by atoms with van der Waals surface area (Å²) in [6, 6.07) is 11.5. The Morgan fingerprint density at radius 1 is 1.08 bits per heavy atom. The number of allylic oxidation sites excluding steroid dienone is 1. The second-order valence-corrected chi connectivity index (χ2v) is 11.0. The number of nitrogens with one attached hydrogen (secondary N) is 1. The molecule has 2 N–H and O–H groups in total. The maximum absolute atomic E-state index is 13.4. The molecule has 16 nitrogen and oxygen atoms in total. The average Bonchev–Trinajstić information content (AvgIpc) is 3.05. The molecule has 0 spiro atoms. The van der Waals surface area contributed by atoms with Gasteiger partial charge < -0.3 is 29.4 Å². The number of rotatable bonds is 17. The first-order valence-electron chi connectivity index (χ1n) is 15.0. The number of unbranched alkanes of at least 4 members (excludes halogenated alkanes) is 1. The van der Waals surface area contributed by atoms with Gasteiger partial charge in [-0.05, 0) is 52.3 Å². The van der Waals surface area contributed by atoms with Gasteiger partial charge in [0, 0.05) is 41.9 Å². The summed E-state index contributed by atoms with van der Waals surface area (Å²) in [6.07, 6.45) is -0.372. The highest BCUT2D eigenvalue weighted by Crippen LogP contribution is 2.44. The Labute approximate surface area is 276 Å². The van der Waals surface area contributed by atoms with Crippen LogP contribution in [0.25, 0.3) is 0 Å². The summed E-state index contributed by atoms with van der Waals surface area (Å²) in [4.78, 5) is 52.2. The van der Waals surface area contributed by atoms with Gasteiger partial charge in [-0.1, -0.05) is 12.1 Å². The van der Waals surface area contributed by atoms with Gasteiger partial charge in [-0.3, -0.25) is 25.0 Å². The number of aliphatic hydroxyl groups is 1. The zero-order valence-corrected chi connectivity index (χ0v) is 26.9. The van der Waals surface area contributed by atoms with Crippen molar-refractivity contribution >= 4 is 29.0 Å². The van der Waals surface area contributed by atoms with Crippen LogP contribution in [0, 0.1) is 37.5 Å². The van der Waals surface area contributed by atoms with Crippen LogP contribution in [0.3, 0.4) is 0 Å². The van der Waals surface area contributed by atoms with Gasteiger partial charge in [-0.2, -0.15) is 5.26 Å². The van der Waals surface area contributed by atoms with Gasteiger partial charge in [0.25, 0.3) is 5.69 Å². The van der Waals surface area contributed by atoms with E-state index in [1.165, 1.54) is 43.3 Å². The van der Waals surface area contributed by atoms with E-state index in [0.29, 0.717) is 19.4 Å². The summed E-state index contributed by atoms with van der Waals surface area (Å²) < 4.78 is 21.8. The molecule has 0 saturated heterocycles. The van der Waals surface area contributed by atoms with Gasteiger partial charge in [0.1, 0.15) is 30.4 Å². The SMILES string of the molecule is COC(=O)C1=C(C#N)N=C(C)C(C(=O)OC(C)C)C1c1cc([N+](=O)[O-])ccc1OCCCCNCC(O)COc1ccccc1[N+](=O)[O-]. The number of esters is 2. The van der Waals surface area contributed by atoms with Gasteiger partial charge in [0.15, 0.2) is 11.4 Å². The number of nitriles is 1. The molecule has 3 rings (SSSR count). The van der Waals surface area contributed by atoms with E-state index >= 15 is 0 Å². The lowest BCUT2D eigenvalue weighted by molar-refractivity contribution is -0.385. The maximum atomic E-state index is 13.4. The fourth-order valence-electron chi connectivity index (χ4n) is 5.03. The minimum absolute atomic E-state index is 0.0566. The Kier molecular flexibility index (Phi) is 13.5. The molecule has 0 bridgehead atoms. The lowest BCUT2D eigenvalue weighted by atomic mass is 9.75. The number of nitro benzene ring substituents is 2. The number of carbonyl (C=O) groups is 2. The van der Waals surface area contributed by atoms with Crippen LogP contribution in [0.1, 0.15) is 45.1 Å². The molecule has 3 unspecified atom stereocenters. The second kappa shape index (κ2) is 17.5. The lowest BCUT2D eigenvalue weighted by Crippen LogP contribution is -2.37. The number of ether oxygens (including phenoxy) is 4. The molecule has 256 valence electrons. The number of carbonyl (C=O) groups excluding carboxylic acids is 2. The Morgan fingerprint density at radius 3 is 2.46 bits per heavy atom. The van der Waals surface area contributed by atoms with Crippen LogP contribution >= 0.6 is 0 Å². The zero-order chi connectivity index (χ0) is 35.4. The van der Waals surface area contributed by atoms with Crippen molar-refractivity contribution in [3.8, 4) is 17.6 Å². The van der Waals surface area contributed by atoms with Crippen LogP contribution in [0.2, 0.25) is 0 Å². The number of nitro groups is 2. The molecule has 2 aromatic rings. The number of nitrogens with zero attached hydrogens (tertiary/aromatic N) is 4. The first-order valence-corrected chi connectivity index (χ1v) is 15.0. The molecule has 2 aromatic carbocycles. The molecular weight excluding hydrogens is 630 g/mol. The smallest absolute Gasteiger partial charge is 0.337 e. The van der Waals surface area contributed by atoms with Gasteiger partial charge >= 0.3 is 17.6 Å². The summed E-state index contributed by atoms with van der Waals surface area (Å²) in [5.74, 6) is -3.93. The molecule has 0 radical (unpaired) electrons. The van der Waals surface area contributed by atoms with E-state index in [1.807, 2.05) is 6.07 Å². The molecular formula is C32H37N5O11. The topological polar surface area (TPSA) is 226 Å². The third kappa shape index (κ3) is 9.56. The van der Waals surface area contributed by atoms with Crippen LogP contribution in [0.15, 0.2) is 58.7 Å². The largest absolute Gasteiger partial charge is 0.493 e. The minimum Gasteiger partial charge on any atom is -0.493 e. The van der Waals surface area contributed by atoms with E-state index in [0.717, 1.165) is 7.11 Å². The lowest BCUT2D eigenvalue weighted by Gasteiger charge is -2.32. The van der Waals surface area contributed by atoms with Gasteiger partial charge in [-0.15, -0.1) is 0 Å². The summed E-state index contributed by atoms with van der Waals surface area (Å²) in [7, 11) is 1.11. The fraction of sp³-hybridized carbons (Fsp3) is 0.438. The van der Waals surface area contributed by atoms with E-state index < -0.39 is 45.8 Å². The predicted molar refractivity (Wildman–Crippen MR) is 171 cm³/mol. The number of hydrogen-bond acceptors (Lipinski definition) is 14. The van der Waals surface area contributed by atoms with Crippen LogP contribution < -0.4 is 14.8 Å². The molecule has 1 heterocycles. The molecule has 16 heteroatoms. The summed E-state index contributed by atoms with van der Waals surface area (Å²) in [5.41, 5.74) is -0.795. The number of non-ortho nitro benzene ring substituents is 1. The van der Waals surface area contributed by atoms with Crippen molar-refractivity contribution in [1.29, 1.82) is 5.26 Å². The van der Waals surface area contributed by atoms with Crippen molar-refractivity contribution in [3.05, 3.63) is 79.5 Å². The summed E-state index contributed by atoms with van der Waals surface area (Å²) >= 11 is 0. The van der Waals surface area contributed by atoms with Crippen LogP contribution in [0.4, 0.5) is 11.4 Å². The van der Waals surface area contributed by atoms with Crippen LogP contribution in [0.5, 0.6) is 11.5 Å². The maximum Gasteiger partial charge on any atom is 0.337 e. The first-order chi connectivity index (χ1) is 22.9. The molecule has 1 aliphatic heterocycles. The third-order valence-corrected chi connectivity index (χ3v) is 7.17. The second-order valence-electron chi connectivity index (χ2n) is 11.0. The molecule has 3 atom stereocenters. The molecule has 0 aliphatic carbocycles. The molecule has 0 saturated carbocycles. The molecule has 0 amide bonds. The third-order valence-electron chi connectivity index (χ3n) is 7.17. The standard InChI is InChI=1S/C32H37N5O11/c1-19(2)48-32(40)28-20(3)35-24(16-33)30(31(39)45-4)29(28)23-15-21(36(41)42)11-12-26(23)46-14-8-7-13-34-17-22(38)18-47-27-10-6-5-9-25(27)37(43)44/h5-6,9-12,15,19,22,28-29,34,38H,7-8,13-14,17-18H2,1-4H3. The van der Waals surface area contributed by atoms with Gasteiger partial charge in [0.05, 0.1) is 35.2 Å². The van der Waals surface area contributed by atoms with E-state index in [2.05, 4.69) is 10.3 Å². The first kappa shape index (κ1) is 37.1. The number of methoxy groups -OCH3 is 1. The van der Waals surface area contributed by atoms with Crippen molar-refractivity contribution in [1.82, 2.24) is 5.32 Å². The fourth-order valence-corrected chi connectivity index (χ4v) is 5.03. The number of para-hydroxylation sites is 2. The highest BCUT2D eigenvalue weighted by molar-refractivity contribution is 6.07. The van der Waals surface area contributed by atoms with Crippen molar-refractivity contribution in [2.45, 2.75) is 51.7 Å². The molecule has 0 aromatic heterocycles. The van der Waals surface area contributed by atoms with E-state index in [9.17, 15) is 40.2 Å². The van der Waals surface area contributed by atoms with Gasteiger partial charge in [-0.25, -0.2) is 9.79 Å². The van der Waals surface area contributed by atoms with E-state index in [1.54, 1.807) is 19.9 Å². The summed E-state index contributed by atoms with van der Waals surface area (Å²) in [6.45, 7) is 5.41. The molecule has 0 fully saturated rings. The van der Waals surface area contributed by atoms with Crippen LogP contribution in [-0.4, -0.2) is 78.2 Å².